The van der Waals surface area contributed by atoms with Gasteiger partial charge in [0.15, 0.2) is 0 Å². The molecule has 1 N–H and O–H groups in total. The van der Waals surface area contributed by atoms with Crippen LogP contribution in [-0.2, 0) is 13.1 Å². The molecule has 1 aromatic heterocycles. The fraction of sp³-hybridized carbons (Fsp3) is 0.312. The van der Waals surface area contributed by atoms with Crippen molar-refractivity contribution < 1.29 is 4.39 Å². The molecule has 1 heterocycles. The van der Waals surface area contributed by atoms with Crippen molar-refractivity contribution in [2.45, 2.75) is 33.9 Å². The summed E-state index contributed by atoms with van der Waals surface area (Å²) in [6.07, 6.45) is 0. The van der Waals surface area contributed by atoms with Crippen molar-refractivity contribution >= 4 is 5.69 Å². The Hall–Kier alpha value is -2.28. The maximum Gasteiger partial charge on any atom is 0.147 e. The molecule has 2 rings (SSSR count). The highest BCUT2D eigenvalue weighted by atomic mass is 19.1. The van der Waals surface area contributed by atoms with Gasteiger partial charge in [0, 0.05) is 24.5 Å². The summed E-state index contributed by atoms with van der Waals surface area (Å²) in [5.74, 6) is -0.395. The first-order valence-electron chi connectivity index (χ1n) is 6.66. The minimum Gasteiger partial charge on any atom is -0.379 e. The van der Waals surface area contributed by atoms with Crippen molar-refractivity contribution in [2.24, 2.45) is 0 Å². The van der Waals surface area contributed by atoms with Crippen molar-refractivity contribution in [1.82, 2.24) is 4.57 Å². The monoisotopic (exact) mass is 271 g/mol. The van der Waals surface area contributed by atoms with E-state index >= 15 is 0 Å². The first kappa shape index (κ1) is 14.1. The Balaban J connectivity index is 2.15. The van der Waals surface area contributed by atoms with Crippen LogP contribution >= 0.6 is 0 Å². The van der Waals surface area contributed by atoms with Crippen molar-refractivity contribution in [3.63, 3.8) is 0 Å². The van der Waals surface area contributed by atoms with Gasteiger partial charge in [0.05, 0.1) is 17.3 Å². The van der Waals surface area contributed by atoms with Crippen molar-refractivity contribution in [1.29, 1.82) is 5.26 Å². The number of aromatic nitrogens is 1. The lowest BCUT2D eigenvalue weighted by atomic mass is 10.2. The summed E-state index contributed by atoms with van der Waals surface area (Å²) < 4.78 is 16.0. The van der Waals surface area contributed by atoms with Crippen LogP contribution in [0.3, 0.4) is 0 Å². The number of hydrogen-bond donors (Lipinski definition) is 1. The van der Waals surface area contributed by atoms with Crippen LogP contribution in [0.5, 0.6) is 0 Å². The molecule has 0 aliphatic carbocycles. The molecule has 0 fully saturated rings. The van der Waals surface area contributed by atoms with Gasteiger partial charge in [-0.3, -0.25) is 0 Å². The second-order valence-electron chi connectivity index (χ2n) is 4.80. The third kappa shape index (κ3) is 2.67. The van der Waals surface area contributed by atoms with Crippen LogP contribution in [0.4, 0.5) is 10.1 Å². The summed E-state index contributed by atoms with van der Waals surface area (Å²) in [6, 6.07) is 8.51. The number of benzene rings is 1. The molecule has 20 heavy (non-hydrogen) atoms. The molecule has 0 unspecified atom stereocenters. The molecule has 0 saturated carbocycles. The molecule has 3 nitrogen and oxygen atoms in total. The van der Waals surface area contributed by atoms with Crippen molar-refractivity contribution in [2.75, 3.05) is 5.32 Å². The van der Waals surface area contributed by atoms with E-state index in [1.54, 1.807) is 12.1 Å². The van der Waals surface area contributed by atoms with E-state index in [1.165, 1.54) is 17.5 Å². The van der Waals surface area contributed by atoms with E-state index in [-0.39, 0.29) is 0 Å². The largest absolute Gasteiger partial charge is 0.379 e. The smallest absolute Gasteiger partial charge is 0.147 e. The Labute approximate surface area is 118 Å². The maximum absolute atomic E-state index is 13.8. The molecule has 0 aliphatic rings. The van der Waals surface area contributed by atoms with E-state index in [0.29, 0.717) is 17.8 Å². The maximum atomic E-state index is 13.8. The van der Waals surface area contributed by atoms with Crippen LogP contribution in [0.2, 0.25) is 0 Å². The van der Waals surface area contributed by atoms with E-state index in [9.17, 15) is 4.39 Å². The highest BCUT2D eigenvalue weighted by molar-refractivity contribution is 5.49. The fourth-order valence-corrected chi connectivity index (χ4v) is 2.46. The second kappa shape index (κ2) is 5.79. The molecular weight excluding hydrogens is 253 g/mol. The van der Waals surface area contributed by atoms with E-state index in [0.717, 1.165) is 12.1 Å². The summed E-state index contributed by atoms with van der Waals surface area (Å²) in [5, 5.41) is 11.8. The number of anilines is 1. The first-order valence-corrected chi connectivity index (χ1v) is 6.66. The molecule has 1 aromatic carbocycles. The molecule has 0 bridgehead atoms. The summed E-state index contributed by atoms with van der Waals surface area (Å²) in [4.78, 5) is 0. The second-order valence-corrected chi connectivity index (χ2v) is 4.80. The fourth-order valence-electron chi connectivity index (χ4n) is 2.46. The Morgan fingerprint density at radius 3 is 2.60 bits per heavy atom. The predicted molar refractivity (Wildman–Crippen MR) is 78.0 cm³/mol. The zero-order valence-electron chi connectivity index (χ0n) is 12.0. The van der Waals surface area contributed by atoms with E-state index < -0.39 is 5.82 Å². The number of hydrogen-bond acceptors (Lipinski definition) is 2. The average molecular weight is 271 g/mol. The van der Waals surface area contributed by atoms with Gasteiger partial charge in [-0.15, -0.1) is 0 Å². The highest BCUT2D eigenvalue weighted by Gasteiger charge is 2.09. The third-order valence-electron chi connectivity index (χ3n) is 3.56. The Morgan fingerprint density at radius 1 is 1.30 bits per heavy atom. The molecule has 0 radical (unpaired) electrons. The zero-order chi connectivity index (χ0) is 14.7. The van der Waals surface area contributed by atoms with Crippen molar-refractivity contribution in [3.8, 4) is 6.07 Å². The number of aryl methyl sites for hydroxylation is 1. The third-order valence-corrected chi connectivity index (χ3v) is 3.56. The molecule has 0 saturated heterocycles. The Kier molecular flexibility index (Phi) is 4.09. The van der Waals surface area contributed by atoms with Crippen LogP contribution < -0.4 is 5.32 Å². The van der Waals surface area contributed by atoms with Gasteiger partial charge in [0.2, 0.25) is 0 Å². The summed E-state index contributed by atoms with van der Waals surface area (Å²) >= 11 is 0. The van der Waals surface area contributed by atoms with Crippen LogP contribution in [0.15, 0.2) is 24.3 Å². The first-order chi connectivity index (χ1) is 9.56. The molecule has 4 heteroatoms. The minimum atomic E-state index is -0.395. The standard InChI is InChI=1S/C16H18FN3/c1-4-20-11(2)7-14(12(20)3)10-19-16-6-5-13(9-18)8-15(16)17/h5-8,19H,4,10H2,1-3H3. The molecule has 0 aliphatic heterocycles. The van der Waals surface area contributed by atoms with Gasteiger partial charge in [-0.2, -0.15) is 5.26 Å². The highest BCUT2D eigenvalue weighted by Crippen LogP contribution is 2.19. The average Bonchev–Trinajstić information content (AvgIpc) is 2.71. The van der Waals surface area contributed by atoms with Gasteiger partial charge in [0.1, 0.15) is 5.82 Å². The number of halogens is 1. The van der Waals surface area contributed by atoms with Gasteiger partial charge in [-0.05, 0) is 50.6 Å². The zero-order valence-corrected chi connectivity index (χ0v) is 12.0. The Bertz CT molecular complexity index is 665. The quantitative estimate of drug-likeness (QED) is 0.920. The number of nitriles is 1. The van der Waals surface area contributed by atoms with Gasteiger partial charge < -0.3 is 9.88 Å². The van der Waals surface area contributed by atoms with Crippen LogP contribution in [0.25, 0.3) is 0 Å². The van der Waals surface area contributed by atoms with E-state index in [2.05, 4.69) is 36.7 Å². The molecule has 2 aromatic rings. The van der Waals surface area contributed by atoms with Gasteiger partial charge in [-0.1, -0.05) is 0 Å². The summed E-state index contributed by atoms with van der Waals surface area (Å²) in [6.45, 7) is 7.76. The predicted octanol–water partition coefficient (Wildman–Crippen LogP) is 3.75. The topological polar surface area (TPSA) is 40.8 Å². The van der Waals surface area contributed by atoms with Crippen LogP contribution in [-0.4, -0.2) is 4.57 Å². The molecular formula is C16H18FN3. The normalized spacial score (nSPS) is 10.3. The summed E-state index contributed by atoms with van der Waals surface area (Å²) in [7, 11) is 0. The molecule has 104 valence electrons. The lowest BCUT2D eigenvalue weighted by molar-refractivity contribution is 0.629. The van der Waals surface area contributed by atoms with Crippen molar-refractivity contribution in [3.05, 3.63) is 52.6 Å². The number of rotatable bonds is 4. The van der Waals surface area contributed by atoms with Gasteiger partial charge in [-0.25, -0.2) is 4.39 Å². The molecule has 0 spiro atoms. The Morgan fingerprint density at radius 2 is 2.05 bits per heavy atom. The number of nitrogens with one attached hydrogen (secondary N) is 1. The SMILES string of the molecule is CCn1c(C)cc(CNc2ccc(C#N)cc2F)c1C. The molecule has 0 amide bonds. The van der Waals surface area contributed by atoms with E-state index in [4.69, 9.17) is 5.26 Å². The number of nitrogens with zero attached hydrogens (tertiary/aromatic N) is 2. The minimum absolute atomic E-state index is 0.331. The van der Waals surface area contributed by atoms with Crippen LogP contribution in [0.1, 0.15) is 29.4 Å². The van der Waals surface area contributed by atoms with Crippen LogP contribution in [0, 0.1) is 31.0 Å². The lowest BCUT2D eigenvalue weighted by Gasteiger charge is -2.09. The van der Waals surface area contributed by atoms with E-state index in [1.807, 2.05) is 6.07 Å². The molecule has 0 atom stereocenters. The van der Waals surface area contributed by atoms with Gasteiger partial charge in [0.25, 0.3) is 0 Å². The lowest BCUT2D eigenvalue weighted by Crippen LogP contribution is -2.04. The summed E-state index contributed by atoms with van der Waals surface area (Å²) in [5.41, 5.74) is 4.32. The van der Waals surface area contributed by atoms with Gasteiger partial charge >= 0.3 is 0 Å².